The Labute approximate surface area is 130 Å². The highest BCUT2D eigenvalue weighted by Crippen LogP contribution is 2.11. The number of hydrogen-bond acceptors (Lipinski definition) is 1. The van der Waals surface area contributed by atoms with Gasteiger partial charge in [0, 0.05) is 18.9 Å². The third-order valence-corrected chi connectivity index (χ3v) is 3.92. The molecule has 0 saturated carbocycles. The fourth-order valence-corrected chi connectivity index (χ4v) is 2.65. The molecule has 2 nitrogen and oxygen atoms in total. The van der Waals surface area contributed by atoms with Gasteiger partial charge in [0.1, 0.15) is 6.54 Å². The highest BCUT2D eigenvalue weighted by Gasteiger charge is 2.09. The average molecular weight is 290 g/mol. The van der Waals surface area contributed by atoms with E-state index in [1.165, 1.54) is 44.9 Å². The Kier molecular flexibility index (Phi) is 9.77. The van der Waals surface area contributed by atoms with Crippen molar-refractivity contribution in [2.75, 3.05) is 0 Å². The van der Waals surface area contributed by atoms with E-state index in [0.29, 0.717) is 12.2 Å². The highest BCUT2D eigenvalue weighted by atomic mass is 16.1. The van der Waals surface area contributed by atoms with Crippen LogP contribution in [0.25, 0.3) is 0 Å². The fraction of sp³-hybridized carbons (Fsp3) is 0.684. The number of aromatic nitrogens is 1. The Morgan fingerprint density at radius 2 is 1.62 bits per heavy atom. The standard InChI is InChI=1S/C19H32NO/c1-3-5-6-7-8-9-10-11-14-19(21)18-13-12-16-20(17-18)15-4-2/h12-13,16-17H,3-11,14-15H2,1-2H3/q+1. The summed E-state index contributed by atoms with van der Waals surface area (Å²) in [6.07, 6.45) is 16.1. The number of aryl methyl sites for hydroxylation is 1. The summed E-state index contributed by atoms with van der Waals surface area (Å²) in [6, 6.07) is 3.93. The molecule has 0 saturated heterocycles. The monoisotopic (exact) mass is 290 g/mol. The predicted octanol–water partition coefficient (Wildman–Crippen LogP) is 5.10. The van der Waals surface area contributed by atoms with Crippen LogP contribution in [-0.2, 0) is 6.54 Å². The molecule has 0 spiro atoms. The molecule has 118 valence electrons. The van der Waals surface area contributed by atoms with Gasteiger partial charge in [-0.2, -0.15) is 0 Å². The molecule has 1 heterocycles. The van der Waals surface area contributed by atoms with Gasteiger partial charge >= 0.3 is 0 Å². The normalized spacial score (nSPS) is 10.8. The number of pyridine rings is 1. The lowest BCUT2D eigenvalue weighted by Gasteiger charge is -2.02. The molecule has 0 aliphatic rings. The Bertz CT molecular complexity index is 400. The molecular weight excluding hydrogens is 258 g/mol. The number of unbranched alkanes of at least 4 members (excludes halogenated alkanes) is 7. The first-order valence-corrected chi connectivity index (χ1v) is 8.80. The number of nitrogens with zero attached hydrogens (tertiary/aromatic N) is 1. The van der Waals surface area contributed by atoms with Crippen molar-refractivity contribution < 1.29 is 9.36 Å². The van der Waals surface area contributed by atoms with E-state index in [9.17, 15) is 4.79 Å². The maximum absolute atomic E-state index is 12.2. The molecule has 0 atom stereocenters. The topological polar surface area (TPSA) is 20.9 Å². The van der Waals surface area contributed by atoms with Gasteiger partial charge in [-0.1, -0.05) is 58.8 Å². The maximum Gasteiger partial charge on any atom is 0.179 e. The van der Waals surface area contributed by atoms with Gasteiger partial charge in [-0.05, 0) is 12.5 Å². The van der Waals surface area contributed by atoms with Crippen molar-refractivity contribution in [1.29, 1.82) is 0 Å². The third-order valence-electron chi connectivity index (χ3n) is 3.92. The van der Waals surface area contributed by atoms with Crippen LogP contribution in [0.2, 0.25) is 0 Å². The van der Waals surface area contributed by atoms with E-state index in [1.807, 2.05) is 24.5 Å². The van der Waals surface area contributed by atoms with Gasteiger partial charge in [-0.3, -0.25) is 4.79 Å². The van der Waals surface area contributed by atoms with Crippen molar-refractivity contribution >= 4 is 5.78 Å². The quantitative estimate of drug-likeness (QED) is 0.298. The summed E-state index contributed by atoms with van der Waals surface area (Å²) in [5.74, 6) is 0.298. The van der Waals surface area contributed by atoms with Crippen LogP contribution in [-0.4, -0.2) is 5.78 Å². The lowest BCUT2D eigenvalue weighted by molar-refractivity contribution is -0.697. The first kappa shape index (κ1) is 17.9. The molecule has 0 aromatic carbocycles. The fourth-order valence-electron chi connectivity index (χ4n) is 2.65. The van der Waals surface area contributed by atoms with Gasteiger partial charge in [0.05, 0.1) is 5.56 Å². The number of ketones is 1. The molecule has 1 rings (SSSR count). The van der Waals surface area contributed by atoms with Gasteiger partial charge < -0.3 is 0 Å². The highest BCUT2D eigenvalue weighted by molar-refractivity contribution is 5.95. The Morgan fingerprint density at radius 1 is 0.952 bits per heavy atom. The lowest BCUT2D eigenvalue weighted by atomic mass is 10.0. The molecule has 21 heavy (non-hydrogen) atoms. The zero-order valence-corrected chi connectivity index (χ0v) is 13.9. The van der Waals surface area contributed by atoms with Crippen LogP contribution in [0.15, 0.2) is 24.5 Å². The van der Waals surface area contributed by atoms with E-state index in [4.69, 9.17) is 0 Å². The van der Waals surface area contributed by atoms with Crippen molar-refractivity contribution in [2.24, 2.45) is 0 Å². The second-order valence-corrected chi connectivity index (χ2v) is 5.98. The van der Waals surface area contributed by atoms with Gasteiger partial charge in [0.15, 0.2) is 18.2 Å². The minimum Gasteiger partial charge on any atom is -0.294 e. The minimum atomic E-state index is 0.298. The molecule has 0 amide bonds. The smallest absolute Gasteiger partial charge is 0.179 e. The van der Waals surface area contributed by atoms with E-state index in [2.05, 4.69) is 18.4 Å². The summed E-state index contributed by atoms with van der Waals surface area (Å²) < 4.78 is 2.11. The molecule has 0 N–H and O–H groups in total. The Balaban J connectivity index is 2.17. The summed E-state index contributed by atoms with van der Waals surface area (Å²) in [4.78, 5) is 12.2. The number of rotatable bonds is 12. The summed E-state index contributed by atoms with van der Waals surface area (Å²) in [7, 11) is 0. The maximum atomic E-state index is 12.2. The summed E-state index contributed by atoms with van der Waals surface area (Å²) in [6.45, 7) is 5.39. The zero-order chi connectivity index (χ0) is 15.3. The SMILES string of the molecule is CCCCCCCCCCC(=O)c1ccc[n+](CCC)c1. The first-order valence-electron chi connectivity index (χ1n) is 8.80. The average Bonchev–Trinajstić information content (AvgIpc) is 2.50. The summed E-state index contributed by atoms with van der Waals surface area (Å²) in [5.41, 5.74) is 0.869. The number of Topliss-reactive ketones (excluding diaryl/α,β-unsaturated/α-hetero) is 1. The molecular formula is C19H32NO+. The van der Waals surface area contributed by atoms with Crippen molar-refractivity contribution in [3.63, 3.8) is 0 Å². The molecule has 1 aromatic rings. The molecule has 0 radical (unpaired) electrons. The molecule has 0 aliphatic heterocycles. The van der Waals surface area contributed by atoms with Crippen LogP contribution in [0.3, 0.4) is 0 Å². The zero-order valence-electron chi connectivity index (χ0n) is 13.9. The van der Waals surface area contributed by atoms with Crippen LogP contribution < -0.4 is 4.57 Å². The second kappa shape index (κ2) is 11.5. The van der Waals surface area contributed by atoms with Crippen LogP contribution >= 0.6 is 0 Å². The number of carbonyl (C=O) groups excluding carboxylic acids is 1. The molecule has 2 heteroatoms. The van der Waals surface area contributed by atoms with Gasteiger partial charge in [0.25, 0.3) is 0 Å². The first-order chi connectivity index (χ1) is 10.3. The van der Waals surface area contributed by atoms with Crippen molar-refractivity contribution in [1.82, 2.24) is 0 Å². The van der Waals surface area contributed by atoms with Crippen LogP contribution in [0.1, 0.15) is 88.4 Å². The summed E-state index contributed by atoms with van der Waals surface area (Å²) >= 11 is 0. The Hall–Kier alpha value is -1.18. The van der Waals surface area contributed by atoms with E-state index in [-0.39, 0.29) is 0 Å². The van der Waals surface area contributed by atoms with Gasteiger partial charge in [-0.25, -0.2) is 4.57 Å². The molecule has 0 aliphatic carbocycles. The minimum absolute atomic E-state index is 0.298. The van der Waals surface area contributed by atoms with E-state index >= 15 is 0 Å². The van der Waals surface area contributed by atoms with E-state index in [1.54, 1.807) is 0 Å². The van der Waals surface area contributed by atoms with Crippen molar-refractivity contribution in [3.05, 3.63) is 30.1 Å². The number of hydrogen-bond donors (Lipinski definition) is 0. The van der Waals surface area contributed by atoms with Crippen molar-refractivity contribution in [2.45, 2.75) is 84.6 Å². The van der Waals surface area contributed by atoms with E-state index < -0.39 is 0 Å². The lowest BCUT2D eigenvalue weighted by Crippen LogP contribution is -2.33. The van der Waals surface area contributed by atoms with E-state index in [0.717, 1.165) is 24.9 Å². The Morgan fingerprint density at radius 3 is 2.29 bits per heavy atom. The molecule has 0 fully saturated rings. The van der Waals surface area contributed by atoms with Gasteiger partial charge in [0.2, 0.25) is 0 Å². The predicted molar refractivity (Wildman–Crippen MR) is 88.5 cm³/mol. The summed E-state index contributed by atoms with van der Waals surface area (Å²) in [5, 5.41) is 0. The molecule has 0 unspecified atom stereocenters. The van der Waals surface area contributed by atoms with Crippen molar-refractivity contribution in [3.8, 4) is 0 Å². The van der Waals surface area contributed by atoms with Crippen LogP contribution in [0.4, 0.5) is 0 Å². The largest absolute Gasteiger partial charge is 0.294 e. The molecule has 1 aromatic heterocycles. The third kappa shape index (κ3) is 7.99. The second-order valence-electron chi connectivity index (χ2n) is 5.98. The van der Waals surface area contributed by atoms with Gasteiger partial charge in [-0.15, -0.1) is 0 Å². The molecule has 0 bridgehead atoms. The number of carbonyl (C=O) groups is 1. The van der Waals surface area contributed by atoms with Crippen LogP contribution in [0, 0.1) is 0 Å². The van der Waals surface area contributed by atoms with Crippen LogP contribution in [0.5, 0.6) is 0 Å².